The molecule has 0 bridgehead atoms. The van der Waals surface area contributed by atoms with Crippen molar-refractivity contribution in [2.24, 2.45) is 5.92 Å². The molecule has 1 fully saturated rings. The number of aromatic nitrogens is 2. The Hall–Kier alpha value is -1.16. The van der Waals surface area contributed by atoms with Gasteiger partial charge in [0.25, 0.3) is 0 Å². The molecule has 0 N–H and O–H groups in total. The summed E-state index contributed by atoms with van der Waals surface area (Å²) in [6.45, 7) is 11.0. The first-order valence-corrected chi connectivity index (χ1v) is 7.87. The number of piperidine rings is 1. The first kappa shape index (κ1) is 12.9. The average Bonchev–Trinajstić information content (AvgIpc) is 2.65. The van der Waals surface area contributed by atoms with Gasteiger partial charge >= 0.3 is 0 Å². The molecule has 0 amide bonds. The second-order valence-corrected chi connectivity index (χ2v) is 6.93. The van der Waals surface area contributed by atoms with E-state index in [4.69, 9.17) is 4.98 Å². The van der Waals surface area contributed by atoms with Gasteiger partial charge in [0.1, 0.15) is 16.5 Å². The fraction of sp³-hybridized carbons (Fsp3) is 0.600. The van der Waals surface area contributed by atoms with Crippen LogP contribution in [0.1, 0.15) is 36.0 Å². The summed E-state index contributed by atoms with van der Waals surface area (Å²) < 4.78 is 0. The van der Waals surface area contributed by atoms with E-state index in [1.54, 1.807) is 11.3 Å². The Kier molecular flexibility index (Phi) is 3.21. The number of hydrogen-bond donors (Lipinski definition) is 0. The maximum absolute atomic E-state index is 4.75. The van der Waals surface area contributed by atoms with Crippen molar-refractivity contribution in [3.05, 3.63) is 16.3 Å². The summed E-state index contributed by atoms with van der Waals surface area (Å²) in [7, 11) is 0. The lowest BCUT2D eigenvalue weighted by molar-refractivity contribution is 0.437. The van der Waals surface area contributed by atoms with E-state index < -0.39 is 0 Å². The molecule has 2 aromatic heterocycles. The van der Waals surface area contributed by atoms with E-state index in [1.807, 2.05) is 6.92 Å². The highest BCUT2D eigenvalue weighted by Gasteiger charge is 2.22. The molecule has 0 atom stereocenters. The van der Waals surface area contributed by atoms with E-state index >= 15 is 0 Å². The Balaban J connectivity index is 2.11. The Morgan fingerprint density at radius 2 is 1.79 bits per heavy atom. The van der Waals surface area contributed by atoms with Crippen molar-refractivity contribution in [1.29, 1.82) is 0 Å². The number of hydrogen-bond acceptors (Lipinski definition) is 4. The normalized spacial score (nSPS) is 17.4. The molecule has 0 spiro atoms. The van der Waals surface area contributed by atoms with Crippen LogP contribution >= 0.6 is 11.3 Å². The Labute approximate surface area is 118 Å². The number of anilines is 1. The molecule has 2 aromatic rings. The smallest absolute Gasteiger partial charge is 0.141 e. The number of aryl methyl sites for hydroxylation is 3. The molecule has 3 nitrogen and oxygen atoms in total. The maximum atomic E-state index is 4.75. The summed E-state index contributed by atoms with van der Waals surface area (Å²) in [6.07, 6.45) is 2.54. The molecule has 3 heterocycles. The first-order valence-electron chi connectivity index (χ1n) is 7.05. The molecule has 3 rings (SSSR count). The molecule has 0 unspecified atom stereocenters. The number of fused-ring (bicyclic) bond motifs is 1. The van der Waals surface area contributed by atoms with E-state index in [2.05, 4.69) is 30.7 Å². The predicted octanol–water partition coefficient (Wildman–Crippen LogP) is 3.85. The van der Waals surface area contributed by atoms with Gasteiger partial charge in [0, 0.05) is 18.0 Å². The molecule has 0 saturated carbocycles. The Morgan fingerprint density at radius 3 is 2.47 bits per heavy atom. The van der Waals surface area contributed by atoms with Crippen LogP contribution in [0.5, 0.6) is 0 Å². The molecule has 0 aromatic carbocycles. The van der Waals surface area contributed by atoms with E-state index in [0.29, 0.717) is 0 Å². The van der Waals surface area contributed by atoms with Crippen molar-refractivity contribution in [3.8, 4) is 0 Å². The fourth-order valence-electron chi connectivity index (χ4n) is 2.78. The molecule has 0 aliphatic carbocycles. The molecule has 1 saturated heterocycles. The molecular weight excluding hydrogens is 254 g/mol. The minimum absolute atomic E-state index is 0.847. The van der Waals surface area contributed by atoms with E-state index in [1.165, 1.54) is 28.7 Å². The minimum atomic E-state index is 0.847. The van der Waals surface area contributed by atoms with Crippen LogP contribution in [-0.4, -0.2) is 23.1 Å². The highest BCUT2D eigenvalue weighted by Crippen LogP contribution is 2.36. The third-order valence-electron chi connectivity index (χ3n) is 4.20. The lowest BCUT2D eigenvalue weighted by atomic mass is 9.99. The Morgan fingerprint density at radius 1 is 1.11 bits per heavy atom. The summed E-state index contributed by atoms with van der Waals surface area (Å²) in [5, 5.41) is 1.28. The molecule has 1 aliphatic heterocycles. The summed E-state index contributed by atoms with van der Waals surface area (Å²) in [4.78, 5) is 14.3. The third kappa shape index (κ3) is 2.22. The van der Waals surface area contributed by atoms with Crippen molar-refractivity contribution in [2.75, 3.05) is 18.0 Å². The zero-order valence-corrected chi connectivity index (χ0v) is 13.0. The minimum Gasteiger partial charge on any atom is -0.356 e. The van der Waals surface area contributed by atoms with Crippen LogP contribution in [-0.2, 0) is 0 Å². The molecular formula is C15H21N3S. The van der Waals surface area contributed by atoms with Gasteiger partial charge in [-0.15, -0.1) is 11.3 Å². The van der Waals surface area contributed by atoms with Gasteiger partial charge in [-0.25, -0.2) is 9.97 Å². The van der Waals surface area contributed by atoms with E-state index in [0.717, 1.165) is 35.5 Å². The van der Waals surface area contributed by atoms with Gasteiger partial charge in [-0.1, -0.05) is 6.92 Å². The summed E-state index contributed by atoms with van der Waals surface area (Å²) in [5.41, 5.74) is 1.36. The summed E-state index contributed by atoms with van der Waals surface area (Å²) >= 11 is 1.79. The average molecular weight is 275 g/mol. The van der Waals surface area contributed by atoms with Crippen molar-refractivity contribution in [1.82, 2.24) is 9.97 Å². The van der Waals surface area contributed by atoms with E-state index in [-0.39, 0.29) is 0 Å². The largest absolute Gasteiger partial charge is 0.356 e. The van der Waals surface area contributed by atoms with Crippen LogP contribution < -0.4 is 4.90 Å². The van der Waals surface area contributed by atoms with Crippen molar-refractivity contribution >= 4 is 27.4 Å². The number of thiophene rings is 1. The van der Waals surface area contributed by atoms with Gasteiger partial charge in [0.05, 0.1) is 5.39 Å². The van der Waals surface area contributed by atoms with Crippen molar-refractivity contribution in [2.45, 2.75) is 40.5 Å². The van der Waals surface area contributed by atoms with Crippen molar-refractivity contribution < 1.29 is 0 Å². The molecule has 102 valence electrons. The topological polar surface area (TPSA) is 29.0 Å². The van der Waals surface area contributed by atoms with Gasteiger partial charge in [0.15, 0.2) is 0 Å². The zero-order valence-electron chi connectivity index (χ0n) is 12.2. The fourth-order valence-corrected chi connectivity index (χ4v) is 3.85. The van der Waals surface area contributed by atoms with Crippen LogP contribution in [0.25, 0.3) is 10.2 Å². The van der Waals surface area contributed by atoms with Crippen LogP contribution in [0.3, 0.4) is 0 Å². The molecule has 4 heteroatoms. The Bertz CT molecular complexity index is 609. The zero-order chi connectivity index (χ0) is 13.6. The second kappa shape index (κ2) is 4.75. The molecule has 1 aliphatic rings. The quantitative estimate of drug-likeness (QED) is 0.791. The standard InChI is InChI=1S/C15H21N3S/c1-9-5-7-18(8-6-9)14-13-10(2)11(3)19-15(13)17-12(4)16-14/h9H,5-8H2,1-4H3. The molecule has 19 heavy (non-hydrogen) atoms. The van der Waals surface area contributed by atoms with Gasteiger partial charge in [-0.2, -0.15) is 0 Å². The molecule has 0 radical (unpaired) electrons. The lowest BCUT2D eigenvalue weighted by Crippen LogP contribution is -2.33. The van der Waals surface area contributed by atoms with Gasteiger partial charge in [-0.05, 0) is 45.1 Å². The highest BCUT2D eigenvalue weighted by molar-refractivity contribution is 7.18. The SMILES string of the molecule is Cc1nc(N2CCC(C)CC2)c2c(C)c(C)sc2n1. The van der Waals surface area contributed by atoms with E-state index in [9.17, 15) is 0 Å². The van der Waals surface area contributed by atoms with Crippen LogP contribution in [0.15, 0.2) is 0 Å². The summed E-state index contributed by atoms with van der Waals surface area (Å²) in [6, 6.07) is 0. The lowest BCUT2D eigenvalue weighted by Gasteiger charge is -2.31. The van der Waals surface area contributed by atoms with Gasteiger partial charge in [0.2, 0.25) is 0 Å². The first-order chi connectivity index (χ1) is 9.06. The maximum Gasteiger partial charge on any atom is 0.141 e. The number of nitrogens with zero attached hydrogens (tertiary/aromatic N) is 3. The number of rotatable bonds is 1. The highest BCUT2D eigenvalue weighted by atomic mass is 32.1. The van der Waals surface area contributed by atoms with Gasteiger partial charge < -0.3 is 4.90 Å². The van der Waals surface area contributed by atoms with Gasteiger partial charge in [-0.3, -0.25) is 0 Å². The predicted molar refractivity (Wildman–Crippen MR) is 82.2 cm³/mol. The van der Waals surface area contributed by atoms with Crippen LogP contribution in [0.4, 0.5) is 5.82 Å². The third-order valence-corrected chi connectivity index (χ3v) is 5.31. The summed E-state index contributed by atoms with van der Waals surface area (Å²) in [5.74, 6) is 2.90. The monoisotopic (exact) mass is 275 g/mol. The second-order valence-electron chi connectivity index (χ2n) is 5.73. The van der Waals surface area contributed by atoms with Crippen molar-refractivity contribution in [3.63, 3.8) is 0 Å². The van der Waals surface area contributed by atoms with Crippen LogP contribution in [0, 0.1) is 26.7 Å². The van der Waals surface area contributed by atoms with Crippen LogP contribution in [0.2, 0.25) is 0 Å².